The van der Waals surface area contributed by atoms with Gasteiger partial charge in [0.1, 0.15) is 5.75 Å². The second-order valence-corrected chi connectivity index (χ2v) is 7.01. The van der Waals surface area contributed by atoms with E-state index in [1.54, 1.807) is 13.2 Å². The molecule has 1 aliphatic heterocycles. The van der Waals surface area contributed by atoms with Gasteiger partial charge in [0.2, 0.25) is 0 Å². The molecule has 1 N–H and O–H groups in total. The molecule has 8 nitrogen and oxygen atoms in total. The van der Waals surface area contributed by atoms with Crippen LogP contribution < -0.4 is 15.0 Å². The van der Waals surface area contributed by atoms with Crippen molar-refractivity contribution in [3.05, 3.63) is 63.7 Å². The number of nitrogens with one attached hydrogen (secondary N) is 1. The number of benzene rings is 2. The molecule has 1 atom stereocenters. The molecule has 2 aromatic rings. The number of carbonyl (C=O) groups is 1. The highest BCUT2D eigenvalue weighted by Gasteiger charge is 2.26. The van der Waals surface area contributed by atoms with Gasteiger partial charge >= 0.3 is 0 Å². The maximum Gasteiger partial charge on any atom is 0.270 e. The van der Waals surface area contributed by atoms with Crippen LogP contribution in [-0.2, 0) is 0 Å². The number of nitro groups is 1. The van der Waals surface area contributed by atoms with E-state index in [1.807, 2.05) is 12.1 Å². The molecule has 0 aromatic heterocycles. The standard InChI is InChI=1S/C21H26N4O4/c1-15(16-5-4-6-18(13-16)29-3)23-9-11-24(12-10-23)20-8-7-17(25(27)28)14-19(20)21(26)22-2/h4-8,13-15H,9-12H2,1-3H3,(H,22,26). The maximum atomic E-state index is 12.3. The van der Waals surface area contributed by atoms with Crippen LogP contribution in [0.25, 0.3) is 0 Å². The van der Waals surface area contributed by atoms with Gasteiger partial charge in [-0.3, -0.25) is 19.8 Å². The molecule has 3 rings (SSSR count). The van der Waals surface area contributed by atoms with Gasteiger partial charge in [-0.2, -0.15) is 0 Å². The number of nitrogens with zero attached hydrogens (tertiary/aromatic N) is 3. The molecule has 1 unspecified atom stereocenters. The maximum absolute atomic E-state index is 12.3. The van der Waals surface area contributed by atoms with Gasteiger partial charge in [0.25, 0.3) is 11.6 Å². The Morgan fingerprint density at radius 2 is 1.90 bits per heavy atom. The van der Waals surface area contributed by atoms with E-state index in [9.17, 15) is 14.9 Å². The zero-order valence-electron chi connectivity index (χ0n) is 16.9. The predicted octanol–water partition coefficient (Wildman–Crippen LogP) is 2.85. The number of ether oxygens (including phenoxy) is 1. The summed E-state index contributed by atoms with van der Waals surface area (Å²) in [6, 6.07) is 12.8. The number of hydrogen-bond donors (Lipinski definition) is 1. The number of hydrogen-bond acceptors (Lipinski definition) is 6. The molecule has 1 aliphatic rings. The molecular weight excluding hydrogens is 372 g/mol. The van der Waals surface area contributed by atoms with E-state index in [2.05, 4.69) is 34.2 Å². The molecule has 2 aromatic carbocycles. The topological polar surface area (TPSA) is 87.9 Å². The molecule has 1 heterocycles. The largest absolute Gasteiger partial charge is 0.497 e. The molecule has 0 aliphatic carbocycles. The van der Waals surface area contributed by atoms with E-state index in [-0.39, 0.29) is 17.6 Å². The van der Waals surface area contributed by atoms with Crippen LogP contribution in [0.5, 0.6) is 5.75 Å². The summed E-state index contributed by atoms with van der Waals surface area (Å²) in [6.45, 7) is 5.28. The average Bonchev–Trinajstić information content (AvgIpc) is 2.77. The molecule has 0 bridgehead atoms. The first-order valence-corrected chi connectivity index (χ1v) is 9.58. The molecule has 0 spiro atoms. The summed E-state index contributed by atoms with van der Waals surface area (Å²) in [4.78, 5) is 27.4. The number of piperazine rings is 1. The Labute approximate surface area is 170 Å². The van der Waals surface area contributed by atoms with Crippen molar-refractivity contribution >= 4 is 17.3 Å². The molecule has 1 saturated heterocycles. The predicted molar refractivity (Wildman–Crippen MR) is 112 cm³/mol. The summed E-state index contributed by atoms with van der Waals surface area (Å²) < 4.78 is 5.33. The Morgan fingerprint density at radius 1 is 1.17 bits per heavy atom. The third kappa shape index (κ3) is 4.48. The van der Waals surface area contributed by atoms with Crippen molar-refractivity contribution in [2.24, 2.45) is 0 Å². The summed E-state index contributed by atoms with van der Waals surface area (Å²) in [6.07, 6.45) is 0. The van der Waals surface area contributed by atoms with Gasteiger partial charge < -0.3 is 15.0 Å². The fraction of sp³-hybridized carbons (Fsp3) is 0.381. The van der Waals surface area contributed by atoms with Gasteiger partial charge in [0, 0.05) is 51.4 Å². The van der Waals surface area contributed by atoms with Gasteiger partial charge in [-0.05, 0) is 30.7 Å². The van der Waals surface area contributed by atoms with Crippen LogP contribution in [0, 0.1) is 10.1 Å². The summed E-state index contributed by atoms with van der Waals surface area (Å²) >= 11 is 0. The summed E-state index contributed by atoms with van der Waals surface area (Å²) in [7, 11) is 3.19. The number of anilines is 1. The molecule has 8 heteroatoms. The van der Waals surface area contributed by atoms with Crippen LogP contribution in [0.15, 0.2) is 42.5 Å². The minimum Gasteiger partial charge on any atom is -0.497 e. The summed E-state index contributed by atoms with van der Waals surface area (Å²) in [5.74, 6) is 0.518. The van der Waals surface area contributed by atoms with Crippen molar-refractivity contribution in [3.63, 3.8) is 0 Å². The Morgan fingerprint density at radius 3 is 2.52 bits per heavy atom. The lowest BCUT2D eigenvalue weighted by Crippen LogP contribution is -2.47. The first-order chi connectivity index (χ1) is 13.9. The van der Waals surface area contributed by atoms with E-state index in [0.717, 1.165) is 37.6 Å². The highest BCUT2D eigenvalue weighted by Crippen LogP contribution is 2.29. The smallest absolute Gasteiger partial charge is 0.270 e. The number of carbonyl (C=O) groups excluding carboxylic acids is 1. The first kappa shape index (κ1) is 20.6. The number of amides is 1. The lowest BCUT2D eigenvalue weighted by molar-refractivity contribution is -0.384. The fourth-order valence-corrected chi connectivity index (χ4v) is 3.69. The second kappa shape index (κ2) is 8.91. The van der Waals surface area contributed by atoms with Crippen molar-refractivity contribution in [2.75, 3.05) is 45.2 Å². The van der Waals surface area contributed by atoms with Crippen LogP contribution in [0.3, 0.4) is 0 Å². The third-order valence-corrected chi connectivity index (χ3v) is 5.44. The van der Waals surface area contributed by atoms with Crippen molar-refractivity contribution in [1.29, 1.82) is 0 Å². The lowest BCUT2D eigenvalue weighted by Gasteiger charge is -2.39. The normalized spacial score (nSPS) is 15.6. The Balaban J connectivity index is 1.75. The molecule has 29 heavy (non-hydrogen) atoms. The quantitative estimate of drug-likeness (QED) is 0.595. The number of rotatable bonds is 6. The zero-order chi connectivity index (χ0) is 21.0. The monoisotopic (exact) mass is 398 g/mol. The molecule has 1 fully saturated rings. The van der Waals surface area contributed by atoms with Crippen LogP contribution in [0.4, 0.5) is 11.4 Å². The molecule has 1 amide bonds. The molecule has 0 radical (unpaired) electrons. The van der Waals surface area contributed by atoms with Crippen molar-refractivity contribution < 1.29 is 14.5 Å². The van der Waals surface area contributed by atoms with Crippen LogP contribution >= 0.6 is 0 Å². The number of non-ortho nitro benzene ring substituents is 1. The fourth-order valence-electron chi connectivity index (χ4n) is 3.69. The van der Waals surface area contributed by atoms with E-state index in [0.29, 0.717) is 5.56 Å². The average molecular weight is 398 g/mol. The van der Waals surface area contributed by atoms with E-state index < -0.39 is 4.92 Å². The van der Waals surface area contributed by atoms with Crippen LogP contribution in [0.2, 0.25) is 0 Å². The lowest BCUT2D eigenvalue weighted by atomic mass is 10.0. The Kier molecular flexibility index (Phi) is 6.33. The highest BCUT2D eigenvalue weighted by molar-refractivity contribution is 6.00. The SMILES string of the molecule is CNC(=O)c1cc([N+](=O)[O-])ccc1N1CCN(C(C)c2cccc(OC)c2)CC1. The highest BCUT2D eigenvalue weighted by atomic mass is 16.6. The Hall–Kier alpha value is -3.13. The number of methoxy groups -OCH3 is 1. The Bertz CT molecular complexity index is 894. The van der Waals surface area contributed by atoms with E-state index in [4.69, 9.17) is 4.74 Å². The van der Waals surface area contributed by atoms with Crippen LogP contribution in [0.1, 0.15) is 28.9 Å². The third-order valence-electron chi connectivity index (χ3n) is 5.44. The zero-order valence-corrected chi connectivity index (χ0v) is 16.9. The van der Waals surface area contributed by atoms with Crippen molar-refractivity contribution in [2.45, 2.75) is 13.0 Å². The van der Waals surface area contributed by atoms with Crippen LogP contribution in [-0.4, -0.2) is 56.1 Å². The van der Waals surface area contributed by atoms with Gasteiger partial charge in [0.15, 0.2) is 0 Å². The second-order valence-electron chi connectivity index (χ2n) is 7.01. The van der Waals surface area contributed by atoms with Gasteiger partial charge in [-0.1, -0.05) is 12.1 Å². The summed E-state index contributed by atoms with van der Waals surface area (Å²) in [5.41, 5.74) is 2.16. The van der Waals surface area contributed by atoms with Crippen molar-refractivity contribution in [1.82, 2.24) is 10.2 Å². The van der Waals surface area contributed by atoms with Crippen molar-refractivity contribution in [3.8, 4) is 5.75 Å². The minimum absolute atomic E-state index is 0.0855. The minimum atomic E-state index is -0.482. The molecular formula is C21H26N4O4. The van der Waals surface area contributed by atoms with E-state index in [1.165, 1.54) is 24.7 Å². The first-order valence-electron chi connectivity index (χ1n) is 9.58. The van der Waals surface area contributed by atoms with Gasteiger partial charge in [-0.25, -0.2) is 0 Å². The van der Waals surface area contributed by atoms with Gasteiger partial charge in [0.05, 0.1) is 23.3 Å². The summed E-state index contributed by atoms with van der Waals surface area (Å²) in [5, 5.41) is 13.7. The molecule has 0 saturated carbocycles. The molecule has 154 valence electrons. The number of nitro benzene ring substituents is 1. The van der Waals surface area contributed by atoms with Gasteiger partial charge in [-0.15, -0.1) is 0 Å². The van der Waals surface area contributed by atoms with E-state index >= 15 is 0 Å².